The minimum absolute atomic E-state index is 0.135. The number of hydrogen-bond donors (Lipinski definition) is 0. The number of carbonyl (C=O) groups is 1. The van der Waals surface area contributed by atoms with Crippen LogP contribution in [0.25, 0.3) is 0 Å². The van der Waals surface area contributed by atoms with Gasteiger partial charge in [-0.05, 0) is 48.8 Å². The average molecular weight is 353 g/mol. The van der Waals surface area contributed by atoms with Crippen molar-refractivity contribution in [2.75, 3.05) is 14.2 Å². The summed E-state index contributed by atoms with van der Waals surface area (Å²) in [6.45, 7) is 5.51. The van der Waals surface area contributed by atoms with Crippen molar-refractivity contribution < 1.29 is 18.7 Å². The van der Waals surface area contributed by atoms with Gasteiger partial charge in [0.25, 0.3) is 0 Å². The van der Waals surface area contributed by atoms with E-state index in [-0.39, 0.29) is 5.78 Å². The van der Waals surface area contributed by atoms with Gasteiger partial charge in [0.2, 0.25) is 5.78 Å². The smallest absolute Gasteiger partial charge is 0.200 e. The van der Waals surface area contributed by atoms with Crippen LogP contribution in [-0.2, 0) is 0 Å². The largest absolute Gasteiger partial charge is 0.496 e. The molecule has 5 heteroatoms. The molecule has 0 unspecified atom stereocenters. The van der Waals surface area contributed by atoms with Gasteiger partial charge in [-0.1, -0.05) is 0 Å². The fraction of sp³-hybridized carbons (Fsp3) is 0.312. The lowest BCUT2D eigenvalue weighted by Gasteiger charge is -2.11. The maximum atomic E-state index is 12.8. The van der Waals surface area contributed by atoms with Gasteiger partial charge in [0, 0.05) is 5.56 Å². The van der Waals surface area contributed by atoms with Crippen molar-refractivity contribution in [2.24, 2.45) is 0 Å². The topological polar surface area (TPSA) is 48.7 Å². The quantitative estimate of drug-likeness (QED) is 0.773. The standard InChI is InChI=1S/C16H17BrO4/c1-8-9(2)21-10(3)15(8)16(18)11-6-14(20-5)12(17)7-13(11)19-4/h6-7H,1-5H3. The molecule has 1 aromatic carbocycles. The van der Waals surface area contributed by atoms with Crippen molar-refractivity contribution in [3.8, 4) is 11.5 Å². The number of rotatable bonds is 4. The summed E-state index contributed by atoms with van der Waals surface area (Å²) in [6, 6.07) is 3.40. The molecule has 1 heterocycles. The van der Waals surface area contributed by atoms with Gasteiger partial charge in [0.15, 0.2) is 0 Å². The first-order chi connectivity index (χ1) is 9.90. The Morgan fingerprint density at radius 2 is 1.67 bits per heavy atom. The van der Waals surface area contributed by atoms with Crippen LogP contribution >= 0.6 is 15.9 Å². The molecule has 0 aliphatic carbocycles. The Hall–Kier alpha value is -1.75. The second kappa shape index (κ2) is 5.93. The van der Waals surface area contributed by atoms with Crippen LogP contribution < -0.4 is 9.47 Å². The number of furan rings is 1. The lowest BCUT2D eigenvalue weighted by molar-refractivity contribution is 0.103. The molecule has 2 rings (SSSR count). The van der Waals surface area contributed by atoms with Gasteiger partial charge in [-0.3, -0.25) is 4.79 Å². The van der Waals surface area contributed by atoms with Crippen molar-refractivity contribution in [2.45, 2.75) is 20.8 Å². The molecule has 0 fully saturated rings. The van der Waals surface area contributed by atoms with Gasteiger partial charge in [-0.15, -0.1) is 0 Å². The highest BCUT2D eigenvalue weighted by Gasteiger charge is 2.24. The Bertz CT molecular complexity index is 701. The highest BCUT2D eigenvalue weighted by atomic mass is 79.9. The fourth-order valence-corrected chi connectivity index (χ4v) is 2.78. The minimum atomic E-state index is -0.135. The van der Waals surface area contributed by atoms with E-state index < -0.39 is 0 Å². The van der Waals surface area contributed by atoms with Crippen LogP contribution in [0.15, 0.2) is 21.0 Å². The van der Waals surface area contributed by atoms with Gasteiger partial charge in [0.1, 0.15) is 23.0 Å². The van der Waals surface area contributed by atoms with E-state index >= 15 is 0 Å². The molecule has 0 bridgehead atoms. The summed E-state index contributed by atoms with van der Waals surface area (Å²) in [7, 11) is 3.09. The van der Waals surface area contributed by atoms with E-state index in [0.29, 0.717) is 28.4 Å². The first-order valence-electron chi connectivity index (χ1n) is 6.43. The van der Waals surface area contributed by atoms with Crippen molar-refractivity contribution in [1.29, 1.82) is 0 Å². The molecule has 2 aromatic rings. The number of ether oxygens (including phenoxy) is 2. The average Bonchev–Trinajstić information content (AvgIpc) is 2.71. The Morgan fingerprint density at radius 1 is 1.05 bits per heavy atom. The summed E-state index contributed by atoms with van der Waals surface area (Å²) in [5.41, 5.74) is 1.88. The Kier molecular flexibility index (Phi) is 4.42. The number of aryl methyl sites for hydroxylation is 2. The zero-order valence-electron chi connectivity index (χ0n) is 12.7. The second-order valence-corrected chi connectivity index (χ2v) is 5.58. The molecule has 0 aliphatic rings. The van der Waals surface area contributed by atoms with Gasteiger partial charge in [0.05, 0.1) is 29.8 Å². The first kappa shape index (κ1) is 15.6. The third kappa shape index (κ3) is 2.70. The molecule has 0 saturated carbocycles. The van der Waals surface area contributed by atoms with Crippen molar-refractivity contribution in [1.82, 2.24) is 0 Å². The molecule has 0 N–H and O–H groups in total. The number of ketones is 1. The molecule has 112 valence electrons. The van der Waals surface area contributed by atoms with Gasteiger partial charge in [-0.2, -0.15) is 0 Å². The van der Waals surface area contributed by atoms with E-state index in [1.54, 1.807) is 26.2 Å². The molecule has 21 heavy (non-hydrogen) atoms. The maximum Gasteiger partial charge on any atom is 0.200 e. The predicted molar refractivity (Wildman–Crippen MR) is 83.6 cm³/mol. The van der Waals surface area contributed by atoms with Crippen molar-refractivity contribution >= 4 is 21.7 Å². The first-order valence-corrected chi connectivity index (χ1v) is 7.22. The van der Waals surface area contributed by atoms with Gasteiger partial charge in [-0.25, -0.2) is 0 Å². The number of carbonyl (C=O) groups excluding carboxylic acids is 1. The summed E-state index contributed by atoms with van der Waals surface area (Å²) < 4.78 is 16.8. The molecular weight excluding hydrogens is 336 g/mol. The predicted octanol–water partition coefficient (Wildman–Crippen LogP) is 4.22. The van der Waals surface area contributed by atoms with Crippen LogP contribution in [0.3, 0.4) is 0 Å². The summed E-state index contributed by atoms with van der Waals surface area (Å²) in [5, 5.41) is 0. The van der Waals surface area contributed by atoms with Gasteiger partial charge >= 0.3 is 0 Å². The number of halogens is 1. The van der Waals surface area contributed by atoms with Crippen molar-refractivity contribution in [3.05, 3.63) is 44.8 Å². The Labute approximate surface area is 132 Å². The van der Waals surface area contributed by atoms with E-state index in [4.69, 9.17) is 13.9 Å². The van der Waals surface area contributed by atoms with Gasteiger partial charge < -0.3 is 13.9 Å². The third-order valence-corrected chi connectivity index (χ3v) is 4.13. The fourth-order valence-electron chi connectivity index (χ4n) is 2.30. The molecule has 1 aromatic heterocycles. The molecule has 4 nitrogen and oxygen atoms in total. The zero-order chi connectivity index (χ0) is 15.7. The summed E-state index contributed by atoms with van der Waals surface area (Å²) in [6.07, 6.45) is 0. The molecule has 0 saturated heterocycles. The van der Waals surface area contributed by atoms with Crippen LogP contribution in [0, 0.1) is 20.8 Å². The summed E-state index contributed by atoms with van der Waals surface area (Å²) >= 11 is 3.39. The highest BCUT2D eigenvalue weighted by molar-refractivity contribution is 9.10. The Balaban J connectivity index is 2.62. The van der Waals surface area contributed by atoms with E-state index in [0.717, 1.165) is 15.8 Å². The third-order valence-electron chi connectivity index (χ3n) is 3.51. The van der Waals surface area contributed by atoms with E-state index in [1.165, 1.54) is 7.11 Å². The molecule has 0 atom stereocenters. The SMILES string of the molecule is COc1cc(C(=O)c2c(C)oc(C)c2C)c(OC)cc1Br. The number of benzene rings is 1. The number of hydrogen-bond acceptors (Lipinski definition) is 4. The van der Waals surface area contributed by atoms with E-state index in [1.807, 2.05) is 13.8 Å². The van der Waals surface area contributed by atoms with Crippen LogP contribution in [-0.4, -0.2) is 20.0 Å². The zero-order valence-corrected chi connectivity index (χ0v) is 14.3. The van der Waals surface area contributed by atoms with Crippen LogP contribution in [0.5, 0.6) is 11.5 Å². The van der Waals surface area contributed by atoms with E-state index in [9.17, 15) is 4.79 Å². The van der Waals surface area contributed by atoms with Crippen LogP contribution in [0.4, 0.5) is 0 Å². The van der Waals surface area contributed by atoms with Crippen molar-refractivity contribution in [3.63, 3.8) is 0 Å². The Morgan fingerprint density at radius 3 is 2.14 bits per heavy atom. The van der Waals surface area contributed by atoms with Crippen LogP contribution in [0.2, 0.25) is 0 Å². The maximum absolute atomic E-state index is 12.8. The van der Waals surface area contributed by atoms with Crippen LogP contribution in [0.1, 0.15) is 33.0 Å². The number of methoxy groups -OCH3 is 2. The summed E-state index contributed by atoms with van der Waals surface area (Å²) in [4.78, 5) is 12.8. The minimum Gasteiger partial charge on any atom is -0.496 e. The molecule has 0 aliphatic heterocycles. The molecule has 0 spiro atoms. The molecule has 0 amide bonds. The molecular formula is C16H17BrO4. The molecule has 0 radical (unpaired) electrons. The summed E-state index contributed by atoms with van der Waals surface area (Å²) in [5.74, 6) is 2.29. The lowest BCUT2D eigenvalue weighted by atomic mass is 9.99. The lowest BCUT2D eigenvalue weighted by Crippen LogP contribution is -2.07. The normalized spacial score (nSPS) is 10.6. The monoisotopic (exact) mass is 352 g/mol. The van der Waals surface area contributed by atoms with E-state index in [2.05, 4.69) is 15.9 Å². The highest BCUT2D eigenvalue weighted by Crippen LogP contribution is 2.35. The second-order valence-electron chi connectivity index (χ2n) is 4.73.